The van der Waals surface area contributed by atoms with E-state index in [0.29, 0.717) is 5.92 Å². The predicted molar refractivity (Wildman–Crippen MR) is 58.8 cm³/mol. The molecule has 2 rings (SSSR count). The molecule has 0 spiro atoms. The molecule has 1 aliphatic heterocycles. The molecule has 1 N–H and O–H groups in total. The molecule has 1 aliphatic rings. The van der Waals surface area contributed by atoms with Gasteiger partial charge in [-0.25, -0.2) is 0 Å². The first-order valence-corrected chi connectivity index (χ1v) is 5.50. The standard InChI is InChI=1S/C10H16ClN3O/c1-7-10(11)9(13(2)12-7)5-14-3-8(4-14)6-15/h8,15H,3-6H2,1-2H3. The Kier molecular flexibility index (Phi) is 3.00. The number of aryl methyl sites for hydroxylation is 2. The molecule has 0 aliphatic carbocycles. The van der Waals surface area contributed by atoms with Crippen molar-refractivity contribution in [2.45, 2.75) is 13.5 Å². The van der Waals surface area contributed by atoms with Gasteiger partial charge in [-0.2, -0.15) is 5.10 Å². The van der Waals surface area contributed by atoms with E-state index in [2.05, 4.69) is 10.00 Å². The number of halogens is 1. The first kappa shape index (κ1) is 10.9. The maximum atomic E-state index is 8.91. The van der Waals surface area contributed by atoms with Gasteiger partial charge in [-0.1, -0.05) is 11.6 Å². The Bertz CT molecular complexity index is 358. The van der Waals surface area contributed by atoms with Crippen LogP contribution in [0, 0.1) is 12.8 Å². The normalized spacial score (nSPS) is 18.1. The van der Waals surface area contributed by atoms with Crippen LogP contribution in [0.4, 0.5) is 0 Å². The first-order chi connectivity index (χ1) is 7.11. The average Bonchev–Trinajstić information content (AvgIpc) is 2.36. The highest BCUT2D eigenvalue weighted by molar-refractivity contribution is 6.31. The van der Waals surface area contributed by atoms with Gasteiger partial charge in [0.2, 0.25) is 0 Å². The summed E-state index contributed by atoms with van der Waals surface area (Å²) in [5.74, 6) is 0.443. The van der Waals surface area contributed by atoms with Gasteiger partial charge in [-0.15, -0.1) is 0 Å². The summed E-state index contributed by atoms with van der Waals surface area (Å²) in [5, 5.41) is 14.0. The number of aromatic nitrogens is 2. The van der Waals surface area contributed by atoms with Crippen molar-refractivity contribution in [2.24, 2.45) is 13.0 Å². The van der Waals surface area contributed by atoms with Crippen LogP contribution in [-0.4, -0.2) is 39.5 Å². The minimum atomic E-state index is 0.286. The van der Waals surface area contributed by atoms with Gasteiger partial charge in [0.1, 0.15) is 0 Å². The second kappa shape index (κ2) is 4.12. The van der Waals surface area contributed by atoms with Crippen molar-refractivity contribution in [1.29, 1.82) is 0 Å². The molecule has 0 unspecified atom stereocenters. The van der Waals surface area contributed by atoms with E-state index in [-0.39, 0.29) is 6.61 Å². The van der Waals surface area contributed by atoms with Gasteiger partial charge in [0.15, 0.2) is 0 Å². The molecule has 0 bridgehead atoms. The predicted octanol–water partition coefficient (Wildman–Crippen LogP) is 0.806. The molecule has 4 nitrogen and oxygen atoms in total. The van der Waals surface area contributed by atoms with E-state index >= 15 is 0 Å². The first-order valence-electron chi connectivity index (χ1n) is 5.13. The lowest BCUT2D eigenvalue weighted by Crippen LogP contribution is -2.47. The fourth-order valence-electron chi connectivity index (χ4n) is 1.99. The number of hydrogen-bond acceptors (Lipinski definition) is 3. The van der Waals surface area contributed by atoms with Crippen molar-refractivity contribution in [3.63, 3.8) is 0 Å². The second-order valence-electron chi connectivity index (χ2n) is 4.21. The van der Waals surface area contributed by atoms with Gasteiger partial charge in [0.05, 0.1) is 16.4 Å². The fraction of sp³-hybridized carbons (Fsp3) is 0.700. The SMILES string of the molecule is Cc1nn(C)c(CN2CC(CO)C2)c1Cl. The summed E-state index contributed by atoms with van der Waals surface area (Å²) in [6, 6.07) is 0. The van der Waals surface area contributed by atoms with E-state index in [0.717, 1.165) is 36.0 Å². The zero-order chi connectivity index (χ0) is 11.0. The van der Waals surface area contributed by atoms with Crippen LogP contribution in [-0.2, 0) is 13.6 Å². The summed E-state index contributed by atoms with van der Waals surface area (Å²) < 4.78 is 1.84. The summed E-state index contributed by atoms with van der Waals surface area (Å²) in [6.07, 6.45) is 0. The Hall–Kier alpha value is -0.580. The van der Waals surface area contributed by atoms with E-state index in [1.54, 1.807) is 0 Å². The third kappa shape index (κ3) is 2.02. The minimum absolute atomic E-state index is 0.286. The van der Waals surface area contributed by atoms with Crippen LogP contribution < -0.4 is 0 Å². The Labute approximate surface area is 94.4 Å². The smallest absolute Gasteiger partial charge is 0.0860 e. The third-order valence-electron chi connectivity index (χ3n) is 2.93. The molecular weight excluding hydrogens is 214 g/mol. The molecule has 0 aromatic carbocycles. The molecular formula is C10H16ClN3O. The van der Waals surface area contributed by atoms with Crippen LogP contribution >= 0.6 is 11.6 Å². The number of aliphatic hydroxyl groups is 1. The summed E-state index contributed by atoms with van der Waals surface area (Å²) in [4.78, 5) is 2.27. The second-order valence-corrected chi connectivity index (χ2v) is 4.59. The molecule has 2 heterocycles. The number of hydrogen-bond donors (Lipinski definition) is 1. The molecule has 1 saturated heterocycles. The van der Waals surface area contributed by atoms with Crippen LogP contribution in [0.25, 0.3) is 0 Å². The molecule has 1 aromatic heterocycles. The average molecular weight is 230 g/mol. The third-order valence-corrected chi connectivity index (χ3v) is 3.42. The lowest BCUT2D eigenvalue weighted by Gasteiger charge is -2.38. The highest BCUT2D eigenvalue weighted by atomic mass is 35.5. The molecule has 1 aromatic rings. The largest absolute Gasteiger partial charge is 0.396 e. The number of rotatable bonds is 3. The van der Waals surface area contributed by atoms with Gasteiger partial charge >= 0.3 is 0 Å². The van der Waals surface area contributed by atoms with E-state index in [1.807, 2.05) is 18.7 Å². The Balaban J connectivity index is 2.00. The minimum Gasteiger partial charge on any atom is -0.396 e. The van der Waals surface area contributed by atoms with E-state index in [9.17, 15) is 0 Å². The molecule has 1 fully saturated rings. The zero-order valence-electron chi connectivity index (χ0n) is 9.07. The van der Waals surface area contributed by atoms with Gasteiger partial charge in [0, 0.05) is 39.2 Å². The fourth-order valence-corrected chi connectivity index (χ4v) is 2.20. The maximum absolute atomic E-state index is 8.91. The van der Waals surface area contributed by atoms with Crippen LogP contribution in [0.1, 0.15) is 11.4 Å². The van der Waals surface area contributed by atoms with Gasteiger partial charge < -0.3 is 5.11 Å². The van der Waals surface area contributed by atoms with Crippen molar-refractivity contribution in [2.75, 3.05) is 19.7 Å². The van der Waals surface area contributed by atoms with Crippen LogP contribution in [0.2, 0.25) is 5.02 Å². The quantitative estimate of drug-likeness (QED) is 0.834. The van der Waals surface area contributed by atoms with Crippen LogP contribution in [0.5, 0.6) is 0 Å². The van der Waals surface area contributed by atoms with Gasteiger partial charge in [0.25, 0.3) is 0 Å². The topological polar surface area (TPSA) is 41.3 Å². The van der Waals surface area contributed by atoms with E-state index in [1.165, 1.54) is 0 Å². The van der Waals surface area contributed by atoms with Crippen molar-refractivity contribution >= 4 is 11.6 Å². The van der Waals surface area contributed by atoms with Crippen molar-refractivity contribution in [3.8, 4) is 0 Å². The molecule has 0 saturated carbocycles. The molecule has 0 radical (unpaired) electrons. The highest BCUT2D eigenvalue weighted by Crippen LogP contribution is 2.24. The van der Waals surface area contributed by atoms with Gasteiger partial charge in [-0.05, 0) is 6.92 Å². The zero-order valence-corrected chi connectivity index (χ0v) is 9.83. The summed E-state index contributed by atoms with van der Waals surface area (Å²) in [5.41, 5.74) is 1.94. The maximum Gasteiger partial charge on any atom is 0.0860 e. The van der Waals surface area contributed by atoms with Crippen LogP contribution in [0.3, 0.4) is 0 Å². The van der Waals surface area contributed by atoms with Crippen molar-refractivity contribution in [3.05, 3.63) is 16.4 Å². The Morgan fingerprint density at radius 2 is 2.20 bits per heavy atom. The Morgan fingerprint density at radius 1 is 1.53 bits per heavy atom. The number of nitrogens with zero attached hydrogens (tertiary/aromatic N) is 3. The lowest BCUT2D eigenvalue weighted by molar-refractivity contribution is 0.0462. The van der Waals surface area contributed by atoms with Gasteiger partial charge in [-0.3, -0.25) is 9.58 Å². The lowest BCUT2D eigenvalue weighted by atomic mass is 10.0. The number of aliphatic hydroxyl groups excluding tert-OH is 1. The molecule has 84 valence electrons. The Morgan fingerprint density at radius 3 is 2.67 bits per heavy atom. The summed E-state index contributed by atoms with van der Waals surface area (Å²) in [7, 11) is 1.91. The van der Waals surface area contributed by atoms with E-state index in [4.69, 9.17) is 16.7 Å². The highest BCUT2D eigenvalue weighted by Gasteiger charge is 2.27. The molecule has 0 amide bonds. The molecule has 0 atom stereocenters. The van der Waals surface area contributed by atoms with Crippen molar-refractivity contribution in [1.82, 2.24) is 14.7 Å². The molecule has 5 heteroatoms. The monoisotopic (exact) mass is 229 g/mol. The summed E-state index contributed by atoms with van der Waals surface area (Å²) >= 11 is 6.15. The summed E-state index contributed by atoms with van der Waals surface area (Å²) in [6.45, 7) is 4.94. The van der Waals surface area contributed by atoms with E-state index < -0.39 is 0 Å². The van der Waals surface area contributed by atoms with Crippen molar-refractivity contribution < 1.29 is 5.11 Å². The number of likely N-dealkylation sites (tertiary alicyclic amines) is 1. The molecule has 15 heavy (non-hydrogen) atoms. The van der Waals surface area contributed by atoms with Crippen LogP contribution in [0.15, 0.2) is 0 Å².